The predicted molar refractivity (Wildman–Crippen MR) is 109 cm³/mol. The molecule has 3 atom stereocenters. The number of hydrogen-bond donors (Lipinski definition) is 0. The van der Waals surface area contributed by atoms with Gasteiger partial charge in [-0.25, -0.2) is 0 Å². The predicted octanol–water partition coefficient (Wildman–Crippen LogP) is 5.04. The Bertz CT molecular complexity index is 685. The smallest absolute Gasteiger partial charge is 0.349 e. The highest BCUT2D eigenvalue weighted by molar-refractivity contribution is 6.73. The number of fused-ring (bicyclic) bond motifs is 1. The average Bonchev–Trinajstić information content (AvgIpc) is 2.60. The third kappa shape index (κ3) is 3.97. The number of Topliss-reactive ketones (excluding diaryl/α,β-unsaturated/α-hetero) is 1. The van der Waals surface area contributed by atoms with E-state index in [0.29, 0.717) is 13.0 Å². The van der Waals surface area contributed by atoms with Crippen molar-refractivity contribution in [2.24, 2.45) is 0 Å². The van der Waals surface area contributed by atoms with Gasteiger partial charge in [-0.2, -0.15) is 0 Å². The summed E-state index contributed by atoms with van der Waals surface area (Å²) in [6.45, 7) is 13.8. The van der Waals surface area contributed by atoms with E-state index in [0.717, 1.165) is 5.56 Å². The van der Waals surface area contributed by atoms with Crippen LogP contribution in [0.1, 0.15) is 58.3 Å². The van der Waals surface area contributed by atoms with Crippen molar-refractivity contribution in [3.63, 3.8) is 0 Å². The molecule has 1 aromatic carbocycles. The molecule has 0 aliphatic carbocycles. The van der Waals surface area contributed by atoms with Gasteiger partial charge in [0.2, 0.25) is 0 Å². The molecule has 1 aromatic rings. The molecule has 5 heteroatoms. The van der Waals surface area contributed by atoms with Crippen molar-refractivity contribution in [2.75, 3.05) is 6.61 Å². The SMILES string of the molecule is CC(C)(C)[Si]1(C(C)(C)C)OC[C@H]2O[C@H](CC(=O)c3ccccc3)C=C[C@H]2O1. The average molecular weight is 389 g/mol. The van der Waals surface area contributed by atoms with E-state index in [-0.39, 0.29) is 34.2 Å². The molecule has 0 saturated carbocycles. The molecule has 0 spiro atoms. The Kier molecular flexibility index (Phi) is 5.52. The van der Waals surface area contributed by atoms with Crippen molar-refractivity contribution in [3.8, 4) is 0 Å². The normalized spacial score (nSPS) is 27.9. The fourth-order valence-corrected chi connectivity index (χ4v) is 9.24. The number of rotatable bonds is 3. The quantitative estimate of drug-likeness (QED) is 0.413. The van der Waals surface area contributed by atoms with Gasteiger partial charge in [0.1, 0.15) is 6.10 Å². The molecule has 2 aliphatic rings. The maximum absolute atomic E-state index is 12.5. The molecule has 2 aliphatic heterocycles. The molecule has 1 fully saturated rings. The van der Waals surface area contributed by atoms with Gasteiger partial charge in [0.15, 0.2) is 5.78 Å². The fourth-order valence-electron chi connectivity index (χ4n) is 4.33. The van der Waals surface area contributed by atoms with E-state index in [2.05, 4.69) is 47.6 Å². The van der Waals surface area contributed by atoms with Crippen LogP contribution in [-0.2, 0) is 13.6 Å². The Balaban J connectivity index is 1.73. The lowest BCUT2D eigenvalue weighted by molar-refractivity contribution is -0.115. The highest BCUT2D eigenvalue weighted by Gasteiger charge is 2.62. The third-order valence-corrected chi connectivity index (χ3v) is 10.6. The molecular weight excluding hydrogens is 356 g/mol. The van der Waals surface area contributed by atoms with E-state index < -0.39 is 8.56 Å². The van der Waals surface area contributed by atoms with Gasteiger partial charge in [-0.15, -0.1) is 0 Å². The van der Waals surface area contributed by atoms with Crippen LogP contribution < -0.4 is 0 Å². The van der Waals surface area contributed by atoms with Crippen molar-refractivity contribution in [2.45, 2.75) is 76.4 Å². The first kappa shape index (κ1) is 20.5. The van der Waals surface area contributed by atoms with Crippen molar-refractivity contribution in [3.05, 3.63) is 48.0 Å². The van der Waals surface area contributed by atoms with Crippen molar-refractivity contribution < 1.29 is 18.4 Å². The van der Waals surface area contributed by atoms with Gasteiger partial charge in [-0.05, 0) is 0 Å². The van der Waals surface area contributed by atoms with Crippen LogP contribution in [-0.4, -0.2) is 39.3 Å². The second-order valence-corrected chi connectivity index (χ2v) is 14.4. The molecule has 3 rings (SSSR count). The maximum atomic E-state index is 12.5. The van der Waals surface area contributed by atoms with Gasteiger partial charge < -0.3 is 13.6 Å². The van der Waals surface area contributed by atoms with Gasteiger partial charge in [0, 0.05) is 22.1 Å². The van der Waals surface area contributed by atoms with Crippen molar-refractivity contribution in [1.82, 2.24) is 0 Å². The zero-order valence-electron chi connectivity index (χ0n) is 17.3. The molecule has 2 heterocycles. The van der Waals surface area contributed by atoms with Gasteiger partial charge >= 0.3 is 8.56 Å². The summed E-state index contributed by atoms with van der Waals surface area (Å²) >= 11 is 0. The Morgan fingerprint density at radius 2 is 1.67 bits per heavy atom. The molecule has 1 saturated heterocycles. The summed E-state index contributed by atoms with van der Waals surface area (Å²) in [4.78, 5) is 12.5. The lowest BCUT2D eigenvalue weighted by atomic mass is 10.0. The third-order valence-electron chi connectivity index (χ3n) is 5.44. The van der Waals surface area contributed by atoms with Gasteiger partial charge in [-0.1, -0.05) is 84.0 Å². The van der Waals surface area contributed by atoms with Gasteiger partial charge in [0.05, 0.1) is 18.8 Å². The van der Waals surface area contributed by atoms with Crippen molar-refractivity contribution >= 4 is 14.3 Å². The zero-order valence-corrected chi connectivity index (χ0v) is 18.3. The summed E-state index contributed by atoms with van der Waals surface area (Å²) in [6.07, 6.45) is 3.91. The summed E-state index contributed by atoms with van der Waals surface area (Å²) < 4.78 is 19.3. The molecule has 0 unspecified atom stereocenters. The summed E-state index contributed by atoms with van der Waals surface area (Å²) in [7, 11) is -2.50. The Morgan fingerprint density at radius 3 is 2.26 bits per heavy atom. The summed E-state index contributed by atoms with van der Waals surface area (Å²) in [6, 6.07) is 9.36. The van der Waals surface area contributed by atoms with Crippen LogP contribution in [0.5, 0.6) is 0 Å². The van der Waals surface area contributed by atoms with Gasteiger partial charge in [-0.3, -0.25) is 4.79 Å². The fraction of sp³-hybridized carbons (Fsp3) is 0.591. The first-order valence-electron chi connectivity index (χ1n) is 9.77. The van der Waals surface area contributed by atoms with Crippen LogP contribution in [0, 0.1) is 0 Å². The minimum absolute atomic E-state index is 0.0514. The first-order chi connectivity index (χ1) is 12.5. The molecule has 148 valence electrons. The first-order valence-corrected chi connectivity index (χ1v) is 11.6. The van der Waals surface area contributed by atoms with E-state index in [1.807, 2.05) is 36.4 Å². The molecule has 4 nitrogen and oxygen atoms in total. The number of ketones is 1. The second kappa shape index (κ2) is 7.28. The number of hydrogen-bond acceptors (Lipinski definition) is 4. The molecular formula is C22H32O4Si. The topological polar surface area (TPSA) is 44.8 Å². The molecule has 0 aromatic heterocycles. The lowest BCUT2D eigenvalue weighted by Gasteiger charge is -2.55. The van der Waals surface area contributed by atoms with E-state index in [9.17, 15) is 4.79 Å². The van der Waals surface area contributed by atoms with Crippen LogP contribution in [0.15, 0.2) is 42.5 Å². The van der Waals surface area contributed by atoms with Gasteiger partial charge in [0.25, 0.3) is 0 Å². The molecule has 0 amide bonds. The van der Waals surface area contributed by atoms with Crippen LogP contribution >= 0.6 is 0 Å². The van der Waals surface area contributed by atoms with Crippen molar-refractivity contribution in [1.29, 1.82) is 0 Å². The van der Waals surface area contributed by atoms with E-state index in [1.165, 1.54) is 0 Å². The molecule has 0 bridgehead atoms. The Hall–Kier alpha value is -1.27. The summed E-state index contributed by atoms with van der Waals surface area (Å²) in [5.74, 6) is 0.0921. The second-order valence-electron chi connectivity index (χ2n) is 9.60. The number of carbonyl (C=O) groups is 1. The van der Waals surface area contributed by atoms with E-state index in [1.54, 1.807) is 0 Å². The van der Waals surface area contributed by atoms with E-state index in [4.69, 9.17) is 13.6 Å². The Labute approximate surface area is 164 Å². The monoisotopic (exact) mass is 388 g/mol. The highest BCUT2D eigenvalue weighted by Crippen LogP contribution is 2.54. The van der Waals surface area contributed by atoms with Crippen LogP contribution in [0.25, 0.3) is 0 Å². The minimum atomic E-state index is -2.50. The standard InChI is InChI=1S/C22H32O4Si/c1-21(2,3)27(22(4,5)6)24-15-20-19(26-27)13-12-17(25-20)14-18(23)16-10-8-7-9-11-16/h7-13,17,19-20H,14-15H2,1-6H3/t17-,19+,20+/m0/s1. The summed E-state index contributed by atoms with van der Waals surface area (Å²) in [5.41, 5.74) is 0.722. The van der Waals surface area contributed by atoms with E-state index >= 15 is 0 Å². The van der Waals surface area contributed by atoms with Crippen LogP contribution in [0.4, 0.5) is 0 Å². The molecule has 0 N–H and O–H groups in total. The Morgan fingerprint density at radius 1 is 1.04 bits per heavy atom. The number of ether oxygens (including phenoxy) is 1. The largest absolute Gasteiger partial charge is 0.391 e. The highest BCUT2D eigenvalue weighted by atomic mass is 28.4. The zero-order chi connectivity index (χ0) is 19.9. The maximum Gasteiger partial charge on any atom is 0.349 e. The van der Waals surface area contributed by atoms with Crippen LogP contribution in [0.3, 0.4) is 0 Å². The molecule has 0 radical (unpaired) electrons. The molecule has 27 heavy (non-hydrogen) atoms. The number of benzene rings is 1. The lowest BCUT2D eigenvalue weighted by Crippen LogP contribution is -2.65. The minimum Gasteiger partial charge on any atom is -0.391 e. The summed E-state index contributed by atoms with van der Waals surface area (Å²) in [5, 5.41) is -0.103. The number of carbonyl (C=O) groups excluding carboxylic acids is 1. The van der Waals surface area contributed by atoms with Crippen LogP contribution in [0.2, 0.25) is 10.1 Å².